The lowest BCUT2D eigenvalue weighted by atomic mass is 10.0. The van der Waals surface area contributed by atoms with Gasteiger partial charge in [0.1, 0.15) is 0 Å². The minimum Gasteiger partial charge on any atom is -0.342 e. The lowest BCUT2D eigenvalue weighted by Crippen LogP contribution is -2.38. The minimum absolute atomic E-state index is 0.311. The van der Waals surface area contributed by atoms with E-state index in [0.29, 0.717) is 34.5 Å². The minimum atomic E-state index is -0.363. The first-order valence-electron chi connectivity index (χ1n) is 10.2. The Labute approximate surface area is 178 Å². The second kappa shape index (κ2) is 8.25. The highest BCUT2D eigenvalue weighted by atomic mass is 32.2. The molecule has 1 unspecified atom stereocenters. The van der Waals surface area contributed by atoms with Crippen molar-refractivity contribution in [3.63, 3.8) is 0 Å². The Bertz CT molecular complexity index is 1200. The summed E-state index contributed by atoms with van der Waals surface area (Å²) < 4.78 is 4.58. The Morgan fingerprint density at radius 1 is 1.20 bits per heavy atom. The predicted octanol–water partition coefficient (Wildman–Crippen LogP) is 1.56. The van der Waals surface area contributed by atoms with Crippen LogP contribution in [0.3, 0.4) is 0 Å². The van der Waals surface area contributed by atoms with E-state index in [-0.39, 0.29) is 11.2 Å². The van der Waals surface area contributed by atoms with E-state index in [1.807, 2.05) is 17.6 Å². The molecular weight excluding hydrogens is 402 g/mol. The van der Waals surface area contributed by atoms with Crippen LogP contribution in [0.25, 0.3) is 11.2 Å². The summed E-state index contributed by atoms with van der Waals surface area (Å²) >= 11 is 1.55. The molecule has 30 heavy (non-hydrogen) atoms. The Balaban J connectivity index is 1.75. The molecule has 9 nitrogen and oxygen atoms in total. The van der Waals surface area contributed by atoms with Crippen LogP contribution in [0.1, 0.15) is 25.5 Å². The Morgan fingerprint density at radius 2 is 2.00 bits per heavy atom. The molecule has 10 heteroatoms. The van der Waals surface area contributed by atoms with Gasteiger partial charge in [0.15, 0.2) is 16.3 Å². The van der Waals surface area contributed by atoms with E-state index in [0.717, 1.165) is 35.7 Å². The third kappa shape index (κ3) is 3.76. The lowest BCUT2D eigenvalue weighted by molar-refractivity contribution is 0.438. The van der Waals surface area contributed by atoms with Crippen molar-refractivity contribution >= 4 is 28.9 Å². The van der Waals surface area contributed by atoms with Crippen LogP contribution in [-0.2, 0) is 20.6 Å². The third-order valence-corrected chi connectivity index (χ3v) is 6.43. The summed E-state index contributed by atoms with van der Waals surface area (Å²) in [4.78, 5) is 41.2. The molecule has 0 radical (unpaired) electrons. The topological polar surface area (TPSA) is 90.8 Å². The van der Waals surface area contributed by atoms with Crippen LogP contribution in [0.5, 0.6) is 0 Å². The third-order valence-electron chi connectivity index (χ3n) is 5.59. The molecule has 1 aliphatic rings. The van der Waals surface area contributed by atoms with Crippen molar-refractivity contribution in [2.75, 3.05) is 23.7 Å². The Hall–Kier alpha value is -2.62. The maximum atomic E-state index is 13.0. The smallest absolute Gasteiger partial charge is 0.332 e. The van der Waals surface area contributed by atoms with Gasteiger partial charge in [0.05, 0.1) is 0 Å². The standard InChI is InChI=1S/C20H27N7O2S/c1-13-6-5-9-26(12-13)19-23-16-15(17(28)25(4)20(29)24(16)3)27(19)10-11-30-18-21-8-7-14(2)22-18/h7-8,13H,5-6,9-12H2,1-4H3. The van der Waals surface area contributed by atoms with Gasteiger partial charge in [-0.05, 0) is 31.7 Å². The first-order valence-corrected chi connectivity index (χ1v) is 11.2. The molecule has 1 saturated heterocycles. The molecule has 3 aromatic heterocycles. The second-order valence-electron chi connectivity index (χ2n) is 7.96. The zero-order chi connectivity index (χ0) is 21.4. The van der Waals surface area contributed by atoms with E-state index in [1.165, 1.54) is 18.0 Å². The van der Waals surface area contributed by atoms with E-state index in [4.69, 9.17) is 4.98 Å². The summed E-state index contributed by atoms with van der Waals surface area (Å²) in [5, 5.41) is 0.716. The van der Waals surface area contributed by atoms with E-state index < -0.39 is 0 Å². The molecule has 160 valence electrons. The molecule has 1 fully saturated rings. The van der Waals surface area contributed by atoms with Gasteiger partial charge >= 0.3 is 5.69 Å². The van der Waals surface area contributed by atoms with Crippen LogP contribution in [0.15, 0.2) is 27.0 Å². The van der Waals surface area contributed by atoms with E-state index in [2.05, 4.69) is 21.8 Å². The number of fused-ring (bicyclic) bond motifs is 1. The summed E-state index contributed by atoms with van der Waals surface area (Å²) in [6.45, 7) is 6.54. The maximum Gasteiger partial charge on any atom is 0.332 e. The highest BCUT2D eigenvalue weighted by Gasteiger charge is 2.25. The molecule has 0 N–H and O–H groups in total. The van der Waals surface area contributed by atoms with Gasteiger partial charge < -0.3 is 9.47 Å². The molecule has 4 heterocycles. The van der Waals surface area contributed by atoms with Crippen molar-refractivity contribution in [2.24, 2.45) is 20.0 Å². The van der Waals surface area contributed by atoms with E-state index >= 15 is 0 Å². The molecule has 1 aliphatic heterocycles. The quantitative estimate of drug-likeness (QED) is 0.449. The monoisotopic (exact) mass is 429 g/mol. The summed E-state index contributed by atoms with van der Waals surface area (Å²) in [5.41, 5.74) is 1.16. The van der Waals surface area contributed by atoms with Crippen LogP contribution in [-0.4, -0.2) is 47.5 Å². The average molecular weight is 430 g/mol. The fraction of sp³-hybridized carbons (Fsp3) is 0.550. The van der Waals surface area contributed by atoms with Crippen LogP contribution >= 0.6 is 11.8 Å². The predicted molar refractivity (Wildman–Crippen MR) is 118 cm³/mol. The second-order valence-corrected chi connectivity index (χ2v) is 9.03. The van der Waals surface area contributed by atoms with E-state index in [9.17, 15) is 9.59 Å². The van der Waals surface area contributed by atoms with Crippen LogP contribution in [0, 0.1) is 12.8 Å². The lowest BCUT2D eigenvalue weighted by Gasteiger charge is -2.32. The van der Waals surface area contributed by atoms with Gasteiger partial charge in [0.2, 0.25) is 5.95 Å². The fourth-order valence-electron chi connectivity index (χ4n) is 3.98. The van der Waals surface area contributed by atoms with Crippen molar-refractivity contribution in [3.8, 4) is 0 Å². The summed E-state index contributed by atoms with van der Waals surface area (Å²) in [5.74, 6) is 2.02. The number of aryl methyl sites for hydroxylation is 3. The first kappa shape index (κ1) is 20.6. The molecule has 1 atom stereocenters. The van der Waals surface area contributed by atoms with Gasteiger partial charge in [0, 0.05) is 51.4 Å². The van der Waals surface area contributed by atoms with Gasteiger partial charge in [-0.1, -0.05) is 18.7 Å². The number of hydrogen-bond donors (Lipinski definition) is 0. The van der Waals surface area contributed by atoms with Gasteiger partial charge in [-0.2, -0.15) is 4.98 Å². The molecule has 0 bridgehead atoms. The van der Waals surface area contributed by atoms with Crippen molar-refractivity contribution in [3.05, 3.63) is 38.8 Å². The van der Waals surface area contributed by atoms with Gasteiger partial charge in [-0.15, -0.1) is 0 Å². The SMILES string of the molecule is Cc1ccnc(SCCn2c(N3CCCC(C)C3)nc3c2c(=O)n(C)c(=O)n3C)n1. The Morgan fingerprint density at radius 3 is 2.73 bits per heavy atom. The average Bonchev–Trinajstić information content (AvgIpc) is 3.10. The van der Waals surface area contributed by atoms with Crippen LogP contribution in [0.2, 0.25) is 0 Å². The Kier molecular flexibility index (Phi) is 5.68. The zero-order valence-corrected chi connectivity index (χ0v) is 18.6. The number of nitrogens with zero attached hydrogens (tertiary/aromatic N) is 7. The normalized spacial score (nSPS) is 17.1. The molecule has 0 amide bonds. The van der Waals surface area contributed by atoms with Crippen molar-refractivity contribution < 1.29 is 0 Å². The van der Waals surface area contributed by atoms with Gasteiger partial charge in [0.25, 0.3) is 5.56 Å². The molecule has 3 aromatic rings. The van der Waals surface area contributed by atoms with Crippen molar-refractivity contribution in [2.45, 2.75) is 38.4 Å². The molecule has 0 aliphatic carbocycles. The maximum absolute atomic E-state index is 13.0. The summed E-state index contributed by atoms with van der Waals surface area (Å²) in [7, 11) is 3.18. The van der Waals surface area contributed by atoms with Gasteiger partial charge in [-0.3, -0.25) is 13.9 Å². The summed E-state index contributed by atoms with van der Waals surface area (Å²) in [6, 6.07) is 1.87. The molecule has 4 rings (SSSR count). The summed E-state index contributed by atoms with van der Waals surface area (Å²) in [6.07, 6.45) is 4.04. The molecule has 0 spiro atoms. The number of piperidine rings is 1. The molecular formula is C20H27N7O2S. The number of rotatable bonds is 5. The highest BCUT2D eigenvalue weighted by Crippen LogP contribution is 2.26. The van der Waals surface area contributed by atoms with Crippen LogP contribution in [0.4, 0.5) is 5.95 Å². The fourth-order valence-corrected chi connectivity index (χ4v) is 4.78. The highest BCUT2D eigenvalue weighted by molar-refractivity contribution is 7.99. The number of aromatic nitrogens is 6. The molecule has 0 aromatic carbocycles. The molecule has 0 saturated carbocycles. The van der Waals surface area contributed by atoms with Crippen LogP contribution < -0.4 is 16.1 Å². The van der Waals surface area contributed by atoms with Gasteiger partial charge in [-0.25, -0.2) is 14.8 Å². The zero-order valence-electron chi connectivity index (χ0n) is 17.8. The number of anilines is 1. The van der Waals surface area contributed by atoms with E-state index in [1.54, 1.807) is 25.0 Å². The largest absolute Gasteiger partial charge is 0.342 e. The number of thioether (sulfide) groups is 1. The first-order chi connectivity index (χ1) is 14.4. The number of hydrogen-bond acceptors (Lipinski definition) is 7. The van der Waals surface area contributed by atoms with Crippen molar-refractivity contribution in [1.29, 1.82) is 0 Å². The van der Waals surface area contributed by atoms with Crippen molar-refractivity contribution in [1.82, 2.24) is 28.7 Å². The number of imidazole rings is 1.